The molecule has 5 heteroatoms. The molecule has 1 amide bonds. The molecule has 126 valence electrons. The summed E-state index contributed by atoms with van der Waals surface area (Å²) in [5.41, 5.74) is 2.95. The van der Waals surface area contributed by atoms with Gasteiger partial charge in [-0.1, -0.05) is 23.7 Å². The monoisotopic (exact) mass is 347 g/mol. The van der Waals surface area contributed by atoms with Crippen LogP contribution in [0.15, 0.2) is 36.4 Å². The second kappa shape index (κ2) is 7.22. The SMILES string of the molecule is CC(Oc1cccc2c1CCCC2)C(=O)Nc1ccc(F)c(Cl)c1. The lowest BCUT2D eigenvalue weighted by atomic mass is 9.91. The molecule has 1 atom stereocenters. The van der Waals surface area contributed by atoms with Crippen molar-refractivity contribution in [2.45, 2.75) is 38.7 Å². The fourth-order valence-corrected chi connectivity index (χ4v) is 3.10. The minimum atomic E-state index is -0.665. The lowest BCUT2D eigenvalue weighted by Gasteiger charge is -2.22. The van der Waals surface area contributed by atoms with Crippen LogP contribution >= 0.6 is 11.6 Å². The van der Waals surface area contributed by atoms with Crippen molar-refractivity contribution in [3.8, 4) is 5.75 Å². The number of carbonyl (C=O) groups excluding carboxylic acids is 1. The van der Waals surface area contributed by atoms with Gasteiger partial charge in [0.05, 0.1) is 5.02 Å². The van der Waals surface area contributed by atoms with Gasteiger partial charge in [0, 0.05) is 5.69 Å². The molecule has 0 spiro atoms. The van der Waals surface area contributed by atoms with Crippen molar-refractivity contribution in [2.75, 3.05) is 5.32 Å². The van der Waals surface area contributed by atoms with Crippen LogP contribution in [0.1, 0.15) is 30.9 Å². The molecule has 3 rings (SSSR count). The molecule has 2 aromatic rings. The number of halogens is 2. The highest BCUT2D eigenvalue weighted by molar-refractivity contribution is 6.31. The van der Waals surface area contributed by atoms with Crippen LogP contribution in [-0.4, -0.2) is 12.0 Å². The summed E-state index contributed by atoms with van der Waals surface area (Å²) in [5.74, 6) is -0.0482. The highest BCUT2D eigenvalue weighted by atomic mass is 35.5. The lowest BCUT2D eigenvalue weighted by molar-refractivity contribution is -0.122. The number of amides is 1. The van der Waals surface area contributed by atoms with E-state index in [0.717, 1.165) is 25.0 Å². The number of ether oxygens (including phenoxy) is 1. The largest absolute Gasteiger partial charge is 0.481 e. The molecule has 24 heavy (non-hydrogen) atoms. The van der Waals surface area contributed by atoms with Gasteiger partial charge in [-0.05, 0) is 68.0 Å². The Morgan fingerprint density at radius 1 is 1.25 bits per heavy atom. The zero-order valence-electron chi connectivity index (χ0n) is 13.4. The Morgan fingerprint density at radius 2 is 2.04 bits per heavy atom. The van der Waals surface area contributed by atoms with E-state index in [1.54, 1.807) is 6.92 Å². The first kappa shape index (κ1) is 16.8. The molecule has 3 nitrogen and oxygen atoms in total. The highest BCUT2D eigenvalue weighted by Gasteiger charge is 2.19. The Labute approximate surface area is 145 Å². The fourth-order valence-electron chi connectivity index (χ4n) is 2.92. The number of anilines is 1. The maximum atomic E-state index is 13.2. The van der Waals surface area contributed by atoms with Crippen LogP contribution in [0.5, 0.6) is 5.75 Å². The number of hydrogen-bond acceptors (Lipinski definition) is 2. The predicted molar refractivity (Wildman–Crippen MR) is 93.2 cm³/mol. The van der Waals surface area contributed by atoms with Crippen molar-refractivity contribution in [3.05, 3.63) is 58.4 Å². The maximum absolute atomic E-state index is 13.2. The molecule has 1 N–H and O–H groups in total. The number of fused-ring (bicyclic) bond motifs is 1. The van der Waals surface area contributed by atoms with E-state index in [2.05, 4.69) is 11.4 Å². The van der Waals surface area contributed by atoms with Gasteiger partial charge in [0.1, 0.15) is 11.6 Å². The van der Waals surface area contributed by atoms with E-state index in [1.807, 2.05) is 12.1 Å². The molecule has 1 aliphatic rings. The van der Waals surface area contributed by atoms with Gasteiger partial charge in [-0.15, -0.1) is 0 Å². The predicted octanol–water partition coefficient (Wildman–Crippen LogP) is 4.76. The number of aryl methyl sites for hydroxylation is 1. The Morgan fingerprint density at radius 3 is 2.83 bits per heavy atom. The first-order valence-electron chi connectivity index (χ1n) is 8.08. The number of carbonyl (C=O) groups is 1. The molecular weight excluding hydrogens is 329 g/mol. The van der Waals surface area contributed by atoms with Crippen LogP contribution in [0.25, 0.3) is 0 Å². The van der Waals surface area contributed by atoms with Crippen molar-refractivity contribution in [1.82, 2.24) is 0 Å². The maximum Gasteiger partial charge on any atom is 0.265 e. The van der Waals surface area contributed by atoms with E-state index in [1.165, 1.54) is 35.7 Å². The molecule has 0 aromatic heterocycles. The smallest absolute Gasteiger partial charge is 0.265 e. The van der Waals surface area contributed by atoms with E-state index in [-0.39, 0.29) is 10.9 Å². The van der Waals surface area contributed by atoms with Crippen LogP contribution < -0.4 is 10.1 Å². The summed E-state index contributed by atoms with van der Waals surface area (Å²) in [6.45, 7) is 1.70. The van der Waals surface area contributed by atoms with Gasteiger partial charge in [-0.25, -0.2) is 4.39 Å². The molecule has 0 aliphatic heterocycles. The van der Waals surface area contributed by atoms with E-state index in [4.69, 9.17) is 16.3 Å². The van der Waals surface area contributed by atoms with Gasteiger partial charge in [-0.3, -0.25) is 4.79 Å². The molecule has 0 saturated heterocycles. The molecule has 0 heterocycles. The minimum Gasteiger partial charge on any atom is -0.481 e. The number of nitrogens with one attached hydrogen (secondary N) is 1. The summed E-state index contributed by atoms with van der Waals surface area (Å²) >= 11 is 5.73. The van der Waals surface area contributed by atoms with Crippen molar-refractivity contribution < 1.29 is 13.9 Å². The summed E-state index contributed by atoms with van der Waals surface area (Å²) in [4.78, 5) is 12.3. The molecule has 0 bridgehead atoms. The van der Waals surface area contributed by atoms with Gasteiger partial charge < -0.3 is 10.1 Å². The van der Waals surface area contributed by atoms with Crippen molar-refractivity contribution >= 4 is 23.2 Å². The average molecular weight is 348 g/mol. The second-order valence-electron chi connectivity index (χ2n) is 5.98. The lowest BCUT2D eigenvalue weighted by Crippen LogP contribution is -2.30. The van der Waals surface area contributed by atoms with Crippen molar-refractivity contribution in [3.63, 3.8) is 0 Å². The van der Waals surface area contributed by atoms with E-state index >= 15 is 0 Å². The van der Waals surface area contributed by atoms with Gasteiger partial charge in [0.2, 0.25) is 0 Å². The van der Waals surface area contributed by atoms with Crippen LogP contribution in [-0.2, 0) is 17.6 Å². The van der Waals surface area contributed by atoms with Gasteiger partial charge >= 0.3 is 0 Å². The molecule has 1 aliphatic carbocycles. The zero-order valence-corrected chi connectivity index (χ0v) is 14.2. The molecule has 0 radical (unpaired) electrons. The van der Waals surface area contributed by atoms with Crippen molar-refractivity contribution in [2.24, 2.45) is 0 Å². The first-order valence-corrected chi connectivity index (χ1v) is 8.46. The summed E-state index contributed by atoms with van der Waals surface area (Å²) in [6, 6.07) is 10.1. The summed E-state index contributed by atoms with van der Waals surface area (Å²) in [6.07, 6.45) is 3.70. The third-order valence-electron chi connectivity index (χ3n) is 4.21. The van der Waals surface area contributed by atoms with E-state index in [0.29, 0.717) is 5.69 Å². The summed E-state index contributed by atoms with van der Waals surface area (Å²) in [7, 11) is 0. The fraction of sp³-hybridized carbons (Fsp3) is 0.316. The second-order valence-corrected chi connectivity index (χ2v) is 6.39. The minimum absolute atomic E-state index is 0.0292. The summed E-state index contributed by atoms with van der Waals surface area (Å²) < 4.78 is 19.1. The van der Waals surface area contributed by atoms with Crippen molar-refractivity contribution in [1.29, 1.82) is 0 Å². The number of rotatable bonds is 4. The molecule has 0 saturated carbocycles. The quantitative estimate of drug-likeness (QED) is 0.865. The van der Waals surface area contributed by atoms with E-state index in [9.17, 15) is 9.18 Å². The Balaban J connectivity index is 1.69. The van der Waals surface area contributed by atoms with Crippen LogP contribution in [0.3, 0.4) is 0 Å². The Bertz CT molecular complexity index is 763. The van der Waals surface area contributed by atoms with Crippen LogP contribution in [0.2, 0.25) is 5.02 Å². The van der Waals surface area contributed by atoms with Gasteiger partial charge in [0.25, 0.3) is 5.91 Å². The average Bonchev–Trinajstić information content (AvgIpc) is 2.58. The molecule has 0 fully saturated rings. The first-order chi connectivity index (χ1) is 11.5. The number of hydrogen-bond donors (Lipinski definition) is 1. The standard InChI is InChI=1S/C19H19ClFNO2/c1-12(19(23)22-14-9-10-17(21)16(20)11-14)24-18-8-4-6-13-5-2-3-7-15(13)18/h4,6,8-12H,2-3,5,7H2,1H3,(H,22,23). The summed E-state index contributed by atoms with van der Waals surface area (Å²) in [5, 5.41) is 2.67. The third-order valence-corrected chi connectivity index (χ3v) is 4.50. The Hall–Kier alpha value is -2.07. The number of benzene rings is 2. The van der Waals surface area contributed by atoms with Gasteiger partial charge in [-0.2, -0.15) is 0 Å². The third kappa shape index (κ3) is 3.70. The molecule has 2 aromatic carbocycles. The van der Waals surface area contributed by atoms with Gasteiger partial charge in [0.15, 0.2) is 6.10 Å². The molecule has 1 unspecified atom stereocenters. The van der Waals surface area contributed by atoms with E-state index < -0.39 is 11.9 Å². The van der Waals surface area contributed by atoms with Crippen LogP contribution in [0.4, 0.5) is 10.1 Å². The highest BCUT2D eigenvalue weighted by Crippen LogP contribution is 2.30. The molecular formula is C19H19ClFNO2. The zero-order chi connectivity index (χ0) is 17.1. The Kier molecular flexibility index (Phi) is 5.05. The van der Waals surface area contributed by atoms with Crippen LogP contribution in [0, 0.1) is 5.82 Å². The normalized spacial score (nSPS) is 14.6. The topological polar surface area (TPSA) is 38.3 Å².